The van der Waals surface area contributed by atoms with Crippen LogP contribution in [0.2, 0.25) is 5.02 Å². The summed E-state index contributed by atoms with van der Waals surface area (Å²) in [5, 5.41) is 5.77. The Morgan fingerprint density at radius 3 is 2.03 bits per heavy atom. The van der Waals surface area contributed by atoms with Crippen LogP contribution >= 0.6 is 11.6 Å². The summed E-state index contributed by atoms with van der Waals surface area (Å²) in [7, 11) is 0. The molecule has 0 radical (unpaired) electrons. The summed E-state index contributed by atoms with van der Waals surface area (Å²) in [6.07, 6.45) is 0.0831. The van der Waals surface area contributed by atoms with Gasteiger partial charge in [-0.05, 0) is 36.2 Å². The number of benzene rings is 3. The number of carbonyl (C=O) groups is 2. The van der Waals surface area contributed by atoms with E-state index in [0.717, 1.165) is 17.2 Å². The number of nitrogens with one attached hydrogen (secondary N) is 2. The first-order chi connectivity index (χ1) is 14.4. The first-order valence-corrected chi connectivity index (χ1v) is 9.93. The van der Waals surface area contributed by atoms with Gasteiger partial charge in [-0.3, -0.25) is 9.59 Å². The van der Waals surface area contributed by atoms with E-state index in [2.05, 4.69) is 10.6 Å². The molecule has 0 aromatic heterocycles. The Balaban J connectivity index is 1.66. The lowest BCUT2D eigenvalue weighted by molar-refractivity contribution is -0.122. The maximum Gasteiger partial charge on any atom is 0.252 e. The van der Waals surface area contributed by atoms with Crippen LogP contribution in [-0.2, 0) is 10.3 Å². The molecule has 0 unspecified atom stereocenters. The van der Waals surface area contributed by atoms with Crippen molar-refractivity contribution >= 4 is 23.4 Å². The van der Waals surface area contributed by atoms with E-state index in [1.54, 1.807) is 0 Å². The van der Waals surface area contributed by atoms with Gasteiger partial charge in [-0.1, -0.05) is 72.3 Å². The van der Waals surface area contributed by atoms with Crippen molar-refractivity contribution in [3.63, 3.8) is 0 Å². The predicted octanol–water partition coefficient (Wildman–Crippen LogP) is 4.68. The molecule has 30 heavy (non-hydrogen) atoms. The molecule has 3 aromatic rings. The Morgan fingerprint density at radius 2 is 1.50 bits per heavy atom. The first kappa shape index (κ1) is 21.5. The van der Waals surface area contributed by atoms with Crippen LogP contribution in [0, 0.1) is 5.82 Å². The van der Waals surface area contributed by atoms with Crippen LogP contribution in [0.1, 0.15) is 34.8 Å². The van der Waals surface area contributed by atoms with E-state index in [9.17, 15) is 14.0 Å². The van der Waals surface area contributed by atoms with Crippen LogP contribution in [0.15, 0.2) is 78.9 Å². The van der Waals surface area contributed by atoms with Crippen molar-refractivity contribution in [2.24, 2.45) is 0 Å². The predicted molar refractivity (Wildman–Crippen MR) is 116 cm³/mol. The van der Waals surface area contributed by atoms with Crippen LogP contribution in [-0.4, -0.2) is 18.4 Å². The Morgan fingerprint density at radius 1 is 0.933 bits per heavy atom. The summed E-state index contributed by atoms with van der Waals surface area (Å²) < 4.78 is 13.1. The second-order valence-electron chi connectivity index (χ2n) is 7.04. The molecule has 0 atom stereocenters. The van der Waals surface area contributed by atoms with E-state index < -0.39 is 17.3 Å². The van der Waals surface area contributed by atoms with Gasteiger partial charge in [0.2, 0.25) is 5.91 Å². The number of halogens is 2. The summed E-state index contributed by atoms with van der Waals surface area (Å²) in [6, 6.07) is 23.0. The Kier molecular flexibility index (Phi) is 6.85. The van der Waals surface area contributed by atoms with Gasteiger partial charge in [0.1, 0.15) is 5.82 Å². The van der Waals surface area contributed by atoms with Crippen molar-refractivity contribution in [1.82, 2.24) is 10.6 Å². The van der Waals surface area contributed by atoms with Crippen molar-refractivity contribution in [1.29, 1.82) is 0 Å². The van der Waals surface area contributed by atoms with Gasteiger partial charge in [-0.2, -0.15) is 0 Å². The summed E-state index contributed by atoms with van der Waals surface area (Å²) >= 11 is 5.91. The fourth-order valence-electron chi connectivity index (χ4n) is 3.25. The summed E-state index contributed by atoms with van der Waals surface area (Å²) in [4.78, 5) is 24.9. The summed E-state index contributed by atoms with van der Waals surface area (Å²) in [6.45, 7) is 2.07. The average molecular weight is 425 g/mol. The Labute approximate surface area is 180 Å². The Bertz CT molecular complexity index is 986. The number of rotatable bonds is 7. The third-order valence-corrected chi connectivity index (χ3v) is 5.22. The molecule has 0 saturated heterocycles. The largest absolute Gasteiger partial charge is 0.351 e. The van der Waals surface area contributed by atoms with Crippen LogP contribution in [0.25, 0.3) is 0 Å². The smallest absolute Gasteiger partial charge is 0.252 e. The lowest BCUT2D eigenvalue weighted by Crippen LogP contribution is -2.45. The molecule has 154 valence electrons. The minimum atomic E-state index is -0.718. The zero-order chi connectivity index (χ0) is 21.6. The first-order valence-electron chi connectivity index (χ1n) is 9.55. The van der Waals surface area contributed by atoms with Crippen molar-refractivity contribution in [3.8, 4) is 0 Å². The van der Waals surface area contributed by atoms with Crippen LogP contribution in [0.3, 0.4) is 0 Å². The normalized spacial score (nSPS) is 11.0. The fourth-order valence-corrected chi connectivity index (χ4v) is 3.51. The minimum Gasteiger partial charge on any atom is -0.351 e. The molecule has 0 aliphatic carbocycles. The van der Waals surface area contributed by atoms with Crippen LogP contribution < -0.4 is 10.6 Å². The summed E-state index contributed by atoms with van der Waals surface area (Å²) in [5.41, 5.74) is 1.35. The highest BCUT2D eigenvalue weighted by Gasteiger charge is 2.30. The zero-order valence-corrected chi connectivity index (χ0v) is 17.2. The third kappa shape index (κ3) is 5.05. The lowest BCUT2D eigenvalue weighted by atomic mass is 9.84. The van der Waals surface area contributed by atoms with Gasteiger partial charge in [-0.25, -0.2) is 4.39 Å². The van der Waals surface area contributed by atoms with E-state index in [1.807, 2.05) is 67.6 Å². The van der Waals surface area contributed by atoms with Crippen LogP contribution in [0.4, 0.5) is 4.39 Å². The molecule has 3 aromatic carbocycles. The lowest BCUT2D eigenvalue weighted by Gasteiger charge is -2.32. The average Bonchev–Trinajstić information content (AvgIpc) is 2.74. The van der Waals surface area contributed by atoms with Crippen molar-refractivity contribution in [2.75, 3.05) is 6.54 Å². The van der Waals surface area contributed by atoms with Gasteiger partial charge in [0.15, 0.2) is 0 Å². The standard InChI is InChI=1S/C24H22ClFN2O2/c1-24(17-8-4-2-5-9-17,18-10-6-3-7-11-18)28-22(29)14-15-27-23(30)20-13-12-19(26)16-21(20)25/h2-13,16H,14-15H2,1H3,(H,27,30)(H,28,29). The van der Waals surface area contributed by atoms with Gasteiger partial charge >= 0.3 is 0 Å². The molecule has 2 amide bonds. The maximum absolute atomic E-state index is 13.1. The zero-order valence-electron chi connectivity index (χ0n) is 16.5. The van der Waals surface area contributed by atoms with Gasteiger partial charge in [0, 0.05) is 13.0 Å². The summed E-state index contributed by atoms with van der Waals surface area (Å²) in [5.74, 6) is -1.19. The number of hydrogen-bond acceptors (Lipinski definition) is 2. The molecule has 0 bridgehead atoms. The van der Waals surface area contributed by atoms with E-state index in [4.69, 9.17) is 11.6 Å². The topological polar surface area (TPSA) is 58.2 Å². The molecule has 0 saturated carbocycles. The number of hydrogen-bond donors (Lipinski definition) is 2. The molecule has 3 rings (SSSR count). The van der Waals surface area contributed by atoms with Gasteiger partial charge in [0.05, 0.1) is 16.1 Å². The van der Waals surface area contributed by atoms with E-state index in [-0.39, 0.29) is 29.5 Å². The van der Waals surface area contributed by atoms with E-state index in [1.165, 1.54) is 12.1 Å². The van der Waals surface area contributed by atoms with E-state index in [0.29, 0.717) is 0 Å². The minimum absolute atomic E-state index is 0.0256. The van der Waals surface area contributed by atoms with Crippen molar-refractivity contribution in [2.45, 2.75) is 18.9 Å². The van der Waals surface area contributed by atoms with Crippen LogP contribution in [0.5, 0.6) is 0 Å². The quantitative estimate of drug-likeness (QED) is 0.578. The fraction of sp³-hybridized carbons (Fsp3) is 0.167. The molecule has 6 heteroatoms. The molecular formula is C24H22ClFN2O2. The molecule has 2 N–H and O–H groups in total. The van der Waals surface area contributed by atoms with Gasteiger partial charge < -0.3 is 10.6 Å². The highest BCUT2D eigenvalue weighted by molar-refractivity contribution is 6.33. The van der Waals surface area contributed by atoms with Crippen molar-refractivity contribution < 1.29 is 14.0 Å². The highest BCUT2D eigenvalue weighted by atomic mass is 35.5. The van der Waals surface area contributed by atoms with E-state index >= 15 is 0 Å². The second-order valence-corrected chi connectivity index (χ2v) is 7.44. The molecule has 0 heterocycles. The monoisotopic (exact) mass is 424 g/mol. The van der Waals surface area contributed by atoms with Crippen molar-refractivity contribution in [3.05, 3.63) is 106 Å². The highest BCUT2D eigenvalue weighted by Crippen LogP contribution is 2.29. The number of carbonyl (C=O) groups excluding carboxylic acids is 2. The SMILES string of the molecule is CC(NC(=O)CCNC(=O)c1ccc(F)cc1Cl)(c1ccccc1)c1ccccc1. The second kappa shape index (κ2) is 9.55. The molecule has 0 aliphatic rings. The maximum atomic E-state index is 13.1. The van der Waals surface area contributed by atoms with Gasteiger partial charge in [-0.15, -0.1) is 0 Å². The molecule has 0 spiro atoms. The molecule has 0 fully saturated rings. The molecule has 4 nitrogen and oxygen atoms in total. The number of amides is 2. The molecule has 0 aliphatic heterocycles. The van der Waals surface area contributed by atoms with Gasteiger partial charge in [0.25, 0.3) is 5.91 Å². The molecular weight excluding hydrogens is 403 g/mol. The Hall–Kier alpha value is -3.18. The third-order valence-electron chi connectivity index (χ3n) is 4.91.